The van der Waals surface area contributed by atoms with Crippen LogP contribution in [0.3, 0.4) is 0 Å². The van der Waals surface area contributed by atoms with E-state index in [-0.39, 0.29) is 5.01 Å². The van der Waals surface area contributed by atoms with Gasteiger partial charge in [0.15, 0.2) is 9.50 Å². The second kappa shape index (κ2) is 6.27. The summed E-state index contributed by atoms with van der Waals surface area (Å²) in [6, 6.07) is 0. The van der Waals surface area contributed by atoms with Crippen molar-refractivity contribution in [2.24, 2.45) is 0 Å². The lowest BCUT2D eigenvalue weighted by Crippen LogP contribution is -2.03. The highest BCUT2D eigenvalue weighted by Gasteiger charge is 2.15. The van der Waals surface area contributed by atoms with Gasteiger partial charge in [0, 0.05) is 11.4 Å². The Bertz CT molecular complexity index is 619. The van der Waals surface area contributed by atoms with Gasteiger partial charge in [0.05, 0.1) is 6.61 Å². The molecule has 0 spiro atoms. The highest BCUT2D eigenvalue weighted by atomic mass is 32.2. The lowest BCUT2D eigenvalue weighted by atomic mass is 10.2. The minimum atomic E-state index is -0.450. The van der Waals surface area contributed by atoms with Gasteiger partial charge in [-0.2, -0.15) is 0 Å². The molecule has 0 bridgehead atoms. The summed E-state index contributed by atoms with van der Waals surface area (Å²) in [5.41, 5.74) is 2.96. The first kappa shape index (κ1) is 14.9. The monoisotopic (exact) mass is 310 g/mol. The molecule has 2 aromatic rings. The minimum absolute atomic E-state index is 0.245. The predicted molar refractivity (Wildman–Crippen MR) is 76.2 cm³/mol. The molecule has 0 saturated carbocycles. The molecule has 2 heterocycles. The maximum atomic E-state index is 11.5. The quantitative estimate of drug-likeness (QED) is 0.634. The van der Waals surface area contributed by atoms with Crippen LogP contribution in [0.25, 0.3) is 0 Å². The number of carbonyl (C=O) groups excluding carboxylic acids is 1. The van der Waals surface area contributed by atoms with Gasteiger partial charge in [-0.05, 0) is 45.0 Å². The van der Waals surface area contributed by atoms with Crippen molar-refractivity contribution in [3.8, 4) is 0 Å². The van der Waals surface area contributed by atoms with Crippen molar-refractivity contribution in [3.05, 3.63) is 22.0 Å². The predicted octanol–water partition coefficient (Wildman–Crippen LogP) is 2.58. The molecule has 0 atom stereocenters. The van der Waals surface area contributed by atoms with Crippen LogP contribution < -0.4 is 0 Å². The highest BCUT2D eigenvalue weighted by Crippen LogP contribution is 2.28. The summed E-state index contributed by atoms with van der Waals surface area (Å²) in [7, 11) is 0. The van der Waals surface area contributed by atoms with Gasteiger partial charge in [0.25, 0.3) is 0 Å². The summed E-state index contributed by atoms with van der Waals surface area (Å²) >= 11 is 2.47. The first-order chi connectivity index (χ1) is 9.51. The summed E-state index contributed by atoms with van der Waals surface area (Å²) < 4.78 is 5.49. The van der Waals surface area contributed by atoms with Gasteiger partial charge in [0.1, 0.15) is 0 Å². The fourth-order valence-electron chi connectivity index (χ4n) is 1.39. The van der Waals surface area contributed by atoms with Crippen molar-refractivity contribution in [3.63, 3.8) is 0 Å². The Balaban J connectivity index is 2.17. The van der Waals surface area contributed by atoms with Crippen LogP contribution in [-0.4, -0.2) is 32.7 Å². The van der Waals surface area contributed by atoms with Gasteiger partial charge >= 0.3 is 5.97 Å². The van der Waals surface area contributed by atoms with Crippen molar-refractivity contribution in [2.45, 2.75) is 37.2 Å². The van der Waals surface area contributed by atoms with Crippen LogP contribution in [0.5, 0.6) is 0 Å². The number of hydrogen-bond donors (Lipinski definition) is 0. The van der Waals surface area contributed by atoms with E-state index in [0.29, 0.717) is 16.1 Å². The lowest BCUT2D eigenvalue weighted by Gasteiger charge is -2.04. The number of rotatable bonds is 4. The number of nitrogens with zero attached hydrogens (tertiary/aromatic N) is 4. The van der Waals surface area contributed by atoms with E-state index >= 15 is 0 Å². The van der Waals surface area contributed by atoms with Gasteiger partial charge in [0.2, 0.25) is 5.01 Å². The Hall–Kier alpha value is -1.54. The summed E-state index contributed by atoms with van der Waals surface area (Å²) in [4.78, 5) is 20.3. The van der Waals surface area contributed by atoms with E-state index in [1.54, 1.807) is 6.92 Å². The standard InChI is InChI=1S/C12H14N4O2S2/c1-5-18-10(17)9-15-16-12(19-9)20-11-13-7(3)6(2)8(4)14-11/h5H2,1-4H3. The Morgan fingerprint density at radius 1 is 1.20 bits per heavy atom. The summed E-state index contributed by atoms with van der Waals surface area (Å²) in [6.07, 6.45) is 0. The lowest BCUT2D eigenvalue weighted by molar-refractivity contribution is 0.0525. The van der Waals surface area contributed by atoms with Crippen LogP contribution >= 0.6 is 23.1 Å². The van der Waals surface area contributed by atoms with E-state index in [1.807, 2.05) is 20.8 Å². The number of esters is 1. The van der Waals surface area contributed by atoms with Gasteiger partial charge in [-0.25, -0.2) is 14.8 Å². The second-order valence-electron chi connectivity index (χ2n) is 4.00. The third-order valence-corrected chi connectivity index (χ3v) is 4.47. The molecule has 0 aliphatic rings. The molecule has 20 heavy (non-hydrogen) atoms. The largest absolute Gasteiger partial charge is 0.461 e. The minimum Gasteiger partial charge on any atom is -0.461 e. The van der Waals surface area contributed by atoms with E-state index in [4.69, 9.17) is 4.74 Å². The number of aryl methyl sites for hydroxylation is 2. The van der Waals surface area contributed by atoms with E-state index in [9.17, 15) is 4.79 Å². The van der Waals surface area contributed by atoms with Gasteiger partial charge < -0.3 is 4.74 Å². The van der Waals surface area contributed by atoms with Gasteiger partial charge in [-0.15, -0.1) is 10.2 Å². The first-order valence-electron chi connectivity index (χ1n) is 6.01. The molecule has 0 unspecified atom stereocenters. The number of aromatic nitrogens is 4. The van der Waals surface area contributed by atoms with Crippen molar-refractivity contribution in [1.29, 1.82) is 0 Å². The zero-order valence-corrected chi connectivity index (χ0v) is 13.3. The van der Waals surface area contributed by atoms with Crippen molar-refractivity contribution in [2.75, 3.05) is 6.61 Å². The smallest absolute Gasteiger partial charge is 0.369 e. The molecule has 6 nitrogen and oxygen atoms in total. The van der Waals surface area contributed by atoms with E-state index in [0.717, 1.165) is 17.0 Å². The number of hydrogen-bond acceptors (Lipinski definition) is 8. The van der Waals surface area contributed by atoms with Crippen molar-refractivity contribution < 1.29 is 9.53 Å². The molecule has 0 aliphatic heterocycles. The summed E-state index contributed by atoms with van der Waals surface area (Å²) in [6.45, 7) is 7.94. The summed E-state index contributed by atoms with van der Waals surface area (Å²) in [5, 5.41) is 8.61. The highest BCUT2D eigenvalue weighted by molar-refractivity contribution is 8.00. The molecule has 0 aromatic carbocycles. The zero-order valence-electron chi connectivity index (χ0n) is 11.6. The maximum absolute atomic E-state index is 11.5. The molecular formula is C12H14N4O2S2. The molecule has 8 heteroatoms. The van der Waals surface area contributed by atoms with Crippen LogP contribution in [-0.2, 0) is 4.74 Å². The van der Waals surface area contributed by atoms with E-state index in [1.165, 1.54) is 23.1 Å². The van der Waals surface area contributed by atoms with Crippen LogP contribution in [0.15, 0.2) is 9.50 Å². The molecule has 0 amide bonds. The molecule has 2 aromatic heterocycles. The molecule has 0 fully saturated rings. The Morgan fingerprint density at radius 3 is 2.45 bits per heavy atom. The molecule has 106 valence electrons. The topological polar surface area (TPSA) is 77.9 Å². The van der Waals surface area contributed by atoms with Gasteiger partial charge in [-0.3, -0.25) is 0 Å². The Kier molecular flexibility index (Phi) is 4.66. The molecular weight excluding hydrogens is 296 g/mol. The average molecular weight is 310 g/mol. The third kappa shape index (κ3) is 3.31. The van der Waals surface area contributed by atoms with Crippen molar-refractivity contribution in [1.82, 2.24) is 20.2 Å². The number of carbonyl (C=O) groups is 1. The first-order valence-corrected chi connectivity index (χ1v) is 7.65. The number of ether oxygens (including phenoxy) is 1. The average Bonchev–Trinajstić information content (AvgIpc) is 2.85. The van der Waals surface area contributed by atoms with Crippen LogP contribution in [0.1, 0.15) is 33.7 Å². The van der Waals surface area contributed by atoms with E-state index in [2.05, 4.69) is 20.2 Å². The Labute approximate surface area is 125 Å². The third-order valence-electron chi connectivity index (χ3n) is 2.65. The molecule has 0 saturated heterocycles. The molecule has 0 aliphatic carbocycles. The summed E-state index contributed by atoms with van der Waals surface area (Å²) in [5.74, 6) is -0.450. The van der Waals surface area contributed by atoms with Crippen LogP contribution in [0.2, 0.25) is 0 Å². The van der Waals surface area contributed by atoms with Crippen molar-refractivity contribution >= 4 is 29.1 Å². The fraction of sp³-hybridized carbons (Fsp3) is 0.417. The SMILES string of the molecule is CCOC(=O)c1nnc(Sc2nc(C)c(C)c(C)n2)s1. The molecule has 0 N–H and O–H groups in total. The molecule has 2 rings (SSSR count). The van der Waals surface area contributed by atoms with E-state index < -0.39 is 5.97 Å². The zero-order chi connectivity index (χ0) is 14.7. The fourth-order valence-corrected chi connectivity index (χ4v) is 3.09. The molecule has 0 radical (unpaired) electrons. The normalized spacial score (nSPS) is 10.6. The van der Waals surface area contributed by atoms with Crippen LogP contribution in [0.4, 0.5) is 0 Å². The van der Waals surface area contributed by atoms with Crippen LogP contribution in [0, 0.1) is 20.8 Å². The maximum Gasteiger partial charge on any atom is 0.369 e. The Morgan fingerprint density at radius 2 is 1.85 bits per heavy atom. The van der Waals surface area contributed by atoms with Gasteiger partial charge in [-0.1, -0.05) is 11.3 Å². The second-order valence-corrected chi connectivity index (χ2v) is 6.19.